The van der Waals surface area contributed by atoms with E-state index in [1.165, 1.54) is 75.0 Å². The van der Waals surface area contributed by atoms with Crippen LogP contribution in [0.4, 0.5) is 5.69 Å². The van der Waals surface area contributed by atoms with Gasteiger partial charge in [0.2, 0.25) is 0 Å². The largest absolute Gasteiger partial charge is 0.494 e. The van der Waals surface area contributed by atoms with Crippen molar-refractivity contribution in [3.8, 4) is 5.75 Å². The molecule has 3 heterocycles. The van der Waals surface area contributed by atoms with Gasteiger partial charge in [-0.1, -0.05) is 24.6 Å². The number of benzene rings is 2. The predicted molar refractivity (Wildman–Crippen MR) is 123 cm³/mol. The van der Waals surface area contributed by atoms with Crippen molar-refractivity contribution in [3.63, 3.8) is 0 Å². The minimum Gasteiger partial charge on any atom is -0.494 e. The minimum atomic E-state index is 0.420. The summed E-state index contributed by atoms with van der Waals surface area (Å²) in [5.41, 5.74) is 11.1. The van der Waals surface area contributed by atoms with Crippen molar-refractivity contribution < 1.29 is 4.74 Å². The van der Waals surface area contributed by atoms with Crippen LogP contribution >= 0.6 is 0 Å². The van der Waals surface area contributed by atoms with Crippen molar-refractivity contribution in [1.82, 2.24) is 9.80 Å². The fraction of sp³-hybridized carbons (Fsp3) is 0.538. The molecule has 5 rings (SSSR count). The molecule has 2 aromatic carbocycles. The van der Waals surface area contributed by atoms with Gasteiger partial charge in [0, 0.05) is 30.7 Å². The maximum Gasteiger partial charge on any atom is 0.119 e. The van der Waals surface area contributed by atoms with Gasteiger partial charge >= 0.3 is 0 Å². The van der Waals surface area contributed by atoms with Gasteiger partial charge in [0.05, 0.1) is 6.61 Å². The zero-order valence-corrected chi connectivity index (χ0v) is 18.1. The molecule has 0 bridgehead atoms. The number of nitrogens with zero attached hydrogens (tertiary/aromatic N) is 2. The molecule has 4 nitrogen and oxygen atoms in total. The Labute approximate surface area is 181 Å². The molecule has 30 heavy (non-hydrogen) atoms. The Morgan fingerprint density at radius 1 is 0.900 bits per heavy atom. The smallest absolute Gasteiger partial charge is 0.119 e. The number of nitrogens with two attached hydrogens (primary N) is 1. The van der Waals surface area contributed by atoms with Crippen molar-refractivity contribution in [2.45, 2.75) is 50.5 Å². The molecule has 0 radical (unpaired) electrons. The highest BCUT2D eigenvalue weighted by molar-refractivity contribution is 5.48. The number of ether oxygens (including phenoxy) is 1. The number of fused-ring (bicyclic) bond motifs is 3. The van der Waals surface area contributed by atoms with Crippen LogP contribution in [0, 0.1) is 0 Å². The summed E-state index contributed by atoms with van der Waals surface area (Å²) in [5, 5.41) is 0. The first-order valence-corrected chi connectivity index (χ1v) is 11.9. The Morgan fingerprint density at radius 2 is 1.73 bits per heavy atom. The van der Waals surface area contributed by atoms with E-state index in [0.29, 0.717) is 12.0 Å². The summed E-state index contributed by atoms with van der Waals surface area (Å²) in [6, 6.07) is 15.9. The van der Waals surface area contributed by atoms with E-state index >= 15 is 0 Å². The van der Waals surface area contributed by atoms with Gasteiger partial charge in [0.25, 0.3) is 0 Å². The molecule has 0 aromatic heterocycles. The lowest BCUT2D eigenvalue weighted by atomic mass is 9.81. The van der Waals surface area contributed by atoms with Gasteiger partial charge in [0.1, 0.15) is 5.75 Å². The lowest BCUT2D eigenvalue weighted by molar-refractivity contribution is 0.204. The van der Waals surface area contributed by atoms with E-state index in [1.54, 1.807) is 0 Å². The fourth-order valence-electron chi connectivity index (χ4n) is 5.65. The molecule has 0 saturated carbocycles. The summed E-state index contributed by atoms with van der Waals surface area (Å²) in [6.45, 7) is 6.82. The minimum absolute atomic E-state index is 0.420. The summed E-state index contributed by atoms with van der Waals surface area (Å²) in [7, 11) is 0. The molecule has 2 atom stereocenters. The van der Waals surface area contributed by atoms with E-state index in [0.717, 1.165) is 31.0 Å². The van der Waals surface area contributed by atoms with Crippen LogP contribution < -0.4 is 10.5 Å². The molecule has 0 spiro atoms. The van der Waals surface area contributed by atoms with Gasteiger partial charge in [-0.05, 0) is 92.7 Å². The number of nitrogen functional groups attached to an aromatic ring is 1. The predicted octanol–water partition coefficient (Wildman–Crippen LogP) is 4.81. The van der Waals surface area contributed by atoms with Crippen LogP contribution in [0.2, 0.25) is 0 Å². The summed E-state index contributed by atoms with van der Waals surface area (Å²) < 4.78 is 6.21. The molecule has 0 aliphatic carbocycles. The zero-order chi connectivity index (χ0) is 20.3. The molecule has 0 amide bonds. The van der Waals surface area contributed by atoms with Gasteiger partial charge in [0.15, 0.2) is 0 Å². The lowest BCUT2D eigenvalue weighted by Crippen LogP contribution is -2.34. The van der Waals surface area contributed by atoms with Crippen LogP contribution in [-0.2, 0) is 0 Å². The Bertz CT molecular complexity index is 844. The average Bonchev–Trinajstić information content (AvgIpc) is 3.26. The number of piperidine rings is 1. The topological polar surface area (TPSA) is 41.7 Å². The fourth-order valence-corrected chi connectivity index (χ4v) is 5.65. The van der Waals surface area contributed by atoms with Crippen LogP contribution in [0.25, 0.3) is 0 Å². The second-order valence-electron chi connectivity index (χ2n) is 9.27. The summed E-state index contributed by atoms with van der Waals surface area (Å²) in [5.74, 6) is 1.46. The van der Waals surface area contributed by atoms with Crippen molar-refractivity contribution in [3.05, 3.63) is 59.2 Å². The standard InChI is InChI=1S/C26H35N3O/c27-21-9-7-20(8-10-21)25-19-29-16-4-6-26(29)24-18-22(11-12-23(24)25)30-17-5-15-28-13-2-1-3-14-28/h7-12,18,25-26H,1-6,13-17,19,27H2. The Balaban J connectivity index is 1.29. The van der Waals surface area contributed by atoms with E-state index in [-0.39, 0.29) is 0 Å². The molecule has 2 N–H and O–H groups in total. The SMILES string of the molecule is Nc1ccc(C2CN3CCCC3c3cc(OCCCN4CCCCC4)ccc32)cc1. The van der Waals surface area contributed by atoms with Crippen LogP contribution in [0.3, 0.4) is 0 Å². The first-order valence-electron chi connectivity index (χ1n) is 11.9. The molecule has 3 aliphatic heterocycles. The highest BCUT2D eigenvalue weighted by Crippen LogP contribution is 2.45. The monoisotopic (exact) mass is 405 g/mol. The Morgan fingerprint density at radius 3 is 2.57 bits per heavy atom. The first-order chi connectivity index (χ1) is 14.8. The third kappa shape index (κ3) is 4.21. The summed E-state index contributed by atoms with van der Waals surface area (Å²) >= 11 is 0. The van der Waals surface area contributed by atoms with Crippen molar-refractivity contribution in [1.29, 1.82) is 0 Å². The van der Waals surface area contributed by atoms with Crippen molar-refractivity contribution in [2.75, 3.05) is 45.1 Å². The van der Waals surface area contributed by atoms with E-state index in [9.17, 15) is 0 Å². The van der Waals surface area contributed by atoms with Crippen LogP contribution in [0.5, 0.6) is 5.75 Å². The van der Waals surface area contributed by atoms with Gasteiger partial charge in [-0.25, -0.2) is 0 Å². The second kappa shape index (κ2) is 8.99. The van der Waals surface area contributed by atoms with Gasteiger partial charge in [-0.2, -0.15) is 0 Å². The quantitative estimate of drug-likeness (QED) is 0.553. The molecule has 3 aliphatic rings. The molecule has 2 aromatic rings. The summed E-state index contributed by atoms with van der Waals surface area (Å²) in [6.07, 6.45) is 7.79. The van der Waals surface area contributed by atoms with Crippen LogP contribution in [0.1, 0.15) is 67.2 Å². The zero-order valence-electron chi connectivity index (χ0n) is 18.1. The second-order valence-corrected chi connectivity index (χ2v) is 9.27. The first kappa shape index (κ1) is 19.9. The number of rotatable bonds is 6. The van der Waals surface area contributed by atoms with E-state index in [2.05, 4.69) is 40.1 Å². The molecule has 4 heteroatoms. The van der Waals surface area contributed by atoms with Gasteiger partial charge in [-0.15, -0.1) is 0 Å². The van der Waals surface area contributed by atoms with E-state index in [4.69, 9.17) is 10.5 Å². The number of anilines is 1. The van der Waals surface area contributed by atoms with Crippen LogP contribution in [0.15, 0.2) is 42.5 Å². The maximum absolute atomic E-state index is 6.21. The third-order valence-corrected chi connectivity index (χ3v) is 7.25. The Hall–Kier alpha value is -2.04. The third-order valence-electron chi connectivity index (χ3n) is 7.25. The Kier molecular flexibility index (Phi) is 5.96. The lowest BCUT2D eigenvalue weighted by Gasteiger charge is -2.37. The number of hydrogen-bond donors (Lipinski definition) is 1. The van der Waals surface area contributed by atoms with Gasteiger partial charge < -0.3 is 15.4 Å². The molecular formula is C26H35N3O. The molecular weight excluding hydrogens is 370 g/mol. The highest BCUT2D eigenvalue weighted by atomic mass is 16.5. The van der Waals surface area contributed by atoms with Gasteiger partial charge in [-0.3, -0.25) is 4.90 Å². The maximum atomic E-state index is 6.21. The number of likely N-dealkylation sites (tertiary alicyclic amines) is 1. The van der Waals surface area contributed by atoms with Crippen molar-refractivity contribution in [2.24, 2.45) is 0 Å². The normalized spacial score (nSPS) is 24.4. The van der Waals surface area contributed by atoms with Crippen LogP contribution in [-0.4, -0.2) is 49.1 Å². The average molecular weight is 406 g/mol. The molecule has 2 unspecified atom stereocenters. The molecule has 160 valence electrons. The summed E-state index contributed by atoms with van der Waals surface area (Å²) in [4.78, 5) is 5.26. The molecule has 2 fully saturated rings. The number of hydrogen-bond acceptors (Lipinski definition) is 4. The highest BCUT2D eigenvalue weighted by Gasteiger charge is 2.36. The van der Waals surface area contributed by atoms with E-state index < -0.39 is 0 Å². The van der Waals surface area contributed by atoms with Crippen molar-refractivity contribution >= 4 is 5.69 Å². The molecule has 2 saturated heterocycles. The van der Waals surface area contributed by atoms with E-state index in [1.807, 2.05) is 12.1 Å².